The van der Waals surface area contributed by atoms with Gasteiger partial charge in [0.2, 0.25) is 0 Å². The number of methoxy groups -OCH3 is 3. The zero-order valence-corrected chi connectivity index (χ0v) is 11.3. The van der Waals surface area contributed by atoms with Crippen LogP contribution in [0.5, 0.6) is 11.5 Å². The van der Waals surface area contributed by atoms with Crippen LogP contribution in [-0.2, 0) is 22.6 Å². The van der Waals surface area contributed by atoms with Crippen molar-refractivity contribution in [1.29, 1.82) is 0 Å². The Morgan fingerprint density at radius 2 is 2.00 bits per heavy atom. The number of benzene rings is 1. The molecule has 0 saturated heterocycles. The average Bonchev–Trinajstić information content (AvgIpc) is 2.38. The number of carboxylic acid groups (broad SMARTS) is 1. The molecule has 0 aliphatic rings. The van der Waals surface area contributed by atoms with Gasteiger partial charge in [-0.3, -0.25) is 4.79 Å². The van der Waals surface area contributed by atoms with Crippen molar-refractivity contribution in [2.45, 2.75) is 19.1 Å². The lowest BCUT2D eigenvalue weighted by Crippen LogP contribution is -2.32. The van der Waals surface area contributed by atoms with Gasteiger partial charge < -0.3 is 25.1 Å². The second kappa shape index (κ2) is 6.96. The first-order chi connectivity index (χ1) is 9.03. The molecule has 0 aliphatic heterocycles. The summed E-state index contributed by atoms with van der Waals surface area (Å²) in [6, 6.07) is 2.61. The normalized spacial score (nSPS) is 12.0. The van der Waals surface area contributed by atoms with Gasteiger partial charge in [-0.1, -0.05) is 0 Å². The summed E-state index contributed by atoms with van der Waals surface area (Å²) >= 11 is 0. The molecule has 0 heterocycles. The second-order valence-corrected chi connectivity index (χ2v) is 4.07. The van der Waals surface area contributed by atoms with E-state index in [1.807, 2.05) is 6.07 Å². The Labute approximate surface area is 112 Å². The maximum Gasteiger partial charge on any atom is 0.320 e. The summed E-state index contributed by atoms with van der Waals surface area (Å²) in [4.78, 5) is 10.8. The molecule has 1 aromatic rings. The molecule has 0 spiro atoms. The average molecular weight is 269 g/mol. The van der Waals surface area contributed by atoms with Crippen LogP contribution in [0.1, 0.15) is 11.1 Å². The van der Waals surface area contributed by atoms with E-state index in [4.69, 9.17) is 25.1 Å². The Morgan fingerprint density at radius 3 is 2.47 bits per heavy atom. The van der Waals surface area contributed by atoms with E-state index >= 15 is 0 Å². The zero-order valence-electron chi connectivity index (χ0n) is 11.3. The standard InChI is InChI=1S/C13H19NO5/c1-17-7-8-4-9(6-10(14)13(15)16)12(19-3)11(5-8)18-2/h4-5,10H,6-7,14H2,1-3H3,(H,15,16). The topological polar surface area (TPSA) is 91.0 Å². The van der Waals surface area contributed by atoms with Crippen molar-refractivity contribution in [2.75, 3.05) is 21.3 Å². The summed E-state index contributed by atoms with van der Waals surface area (Å²) in [6.45, 7) is 0.398. The van der Waals surface area contributed by atoms with Gasteiger partial charge in [-0.05, 0) is 17.7 Å². The summed E-state index contributed by atoms with van der Waals surface area (Å²) < 4.78 is 15.6. The fourth-order valence-corrected chi connectivity index (χ4v) is 1.83. The summed E-state index contributed by atoms with van der Waals surface area (Å²) in [5.41, 5.74) is 7.11. The van der Waals surface area contributed by atoms with Crippen molar-refractivity contribution in [3.05, 3.63) is 23.3 Å². The molecule has 0 amide bonds. The van der Waals surface area contributed by atoms with Crippen LogP contribution in [0.3, 0.4) is 0 Å². The third-order valence-corrected chi connectivity index (χ3v) is 2.68. The quantitative estimate of drug-likeness (QED) is 0.761. The lowest BCUT2D eigenvalue weighted by Gasteiger charge is -2.16. The minimum atomic E-state index is -1.06. The van der Waals surface area contributed by atoms with Crippen molar-refractivity contribution in [3.63, 3.8) is 0 Å². The van der Waals surface area contributed by atoms with E-state index in [9.17, 15) is 4.79 Å². The summed E-state index contributed by atoms with van der Waals surface area (Å²) in [5, 5.41) is 8.88. The first kappa shape index (κ1) is 15.3. The first-order valence-corrected chi connectivity index (χ1v) is 5.74. The van der Waals surface area contributed by atoms with Crippen LogP contribution in [0.25, 0.3) is 0 Å². The molecule has 6 nitrogen and oxygen atoms in total. The van der Waals surface area contributed by atoms with Crippen molar-refractivity contribution in [2.24, 2.45) is 5.73 Å². The number of aliphatic carboxylic acids is 1. The van der Waals surface area contributed by atoms with Crippen molar-refractivity contribution >= 4 is 5.97 Å². The zero-order chi connectivity index (χ0) is 14.4. The molecule has 1 atom stereocenters. The Hall–Kier alpha value is -1.79. The molecule has 1 rings (SSSR count). The highest BCUT2D eigenvalue weighted by Gasteiger charge is 2.18. The fraction of sp³-hybridized carbons (Fsp3) is 0.462. The van der Waals surface area contributed by atoms with Gasteiger partial charge >= 0.3 is 5.97 Å². The molecule has 1 aromatic carbocycles. The highest BCUT2D eigenvalue weighted by molar-refractivity contribution is 5.74. The van der Waals surface area contributed by atoms with Crippen molar-refractivity contribution < 1.29 is 24.1 Å². The predicted molar refractivity (Wildman–Crippen MR) is 69.6 cm³/mol. The minimum Gasteiger partial charge on any atom is -0.493 e. The number of carbonyl (C=O) groups is 1. The smallest absolute Gasteiger partial charge is 0.320 e. The van der Waals surface area contributed by atoms with Crippen LogP contribution in [0.2, 0.25) is 0 Å². The van der Waals surface area contributed by atoms with Gasteiger partial charge in [-0.15, -0.1) is 0 Å². The van der Waals surface area contributed by atoms with E-state index in [1.165, 1.54) is 14.2 Å². The second-order valence-electron chi connectivity index (χ2n) is 4.07. The maximum absolute atomic E-state index is 10.8. The van der Waals surface area contributed by atoms with Crippen LogP contribution >= 0.6 is 0 Å². The van der Waals surface area contributed by atoms with Crippen LogP contribution in [0.15, 0.2) is 12.1 Å². The maximum atomic E-state index is 10.8. The van der Waals surface area contributed by atoms with Crippen LogP contribution in [-0.4, -0.2) is 38.4 Å². The molecule has 0 fully saturated rings. The molecule has 0 bridgehead atoms. The number of ether oxygens (including phenoxy) is 3. The molecule has 0 aliphatic carbocycles. The number of nitrogens with two attached hydrogens (primary N) is 1. The van der Waals surface area contributed by atoms with Gasteiger partial charge in [0.05, 0.1) is 20.8 Å². The van der Waals surface area contributed by atoms with Crippen molar-refractivity contribution in [1.82, 2.24) is 0 Å². The largest absolute Gasteiger partial charge is 0.493 e. The third-order valence-electron chi connectivity index (χ3n) is 2.68. The molecular weight excluding hydrogens is 250 g/mol. The lowest BCUT2D eigenvalue weighted by molar-refractivity contribution is -0.138. The number of hydrogen-bond acceptors (Lipinski definition) is 5. The molecule has 6 heteroatoms. The minimum absolute atomic E-state index is 0.159. The highest BCUT2D eigenvalue weighted by Crippen LogP contribution is 2.33. The number of hydrogen-bond donors (Lipinski definition) is 2. The molecule has 1 unspecified atom stereocenters. The molecular formula is C13H19NO5. The molecule has 0 aromatic heterocycles. The molecule has 0 saturated carbocycles. The van der Waals surface area contributed by atoms with Gasteiger partial charge in [0.25, 0.3) is 0 Å². The molecule has 0 radical (unpaired) electrons. The van der Waals surface area contributed by atoms with E-state index < -0.39 is 12.0 Å². The molecule has 3 N–H and O–H groups in total. The van der Waals surface area contributed by atoms with Gasteiger partial charge in [-0.25, -0.2) is 0 Å². The Bertz CT molecular complexity index is 447. The monoisotopic (exact) mass is 269 g/mol. The van der Waals surface area contributed by atoms with E-state index in [1.54, 1.807) is 13.2 Å². The lowest BCUT2D eigenvalue weighted by atomic mass is 10.0. The fourth-order valence-electron chi connectivity index (χ4n) is 1.83. The Balaban J connectivity index is 3.17. The van der Waals surface area contributed by atoms with Gasteiger partial charge in [0, 0.05) is 19.1 Å². The Morgan fingerprint density at radius 1 is 1.32 bits per heavy atom. The van der Waals surface area contributed by atoms with E-state index in [2.05, 4.69) is 0 Å². The first-order valence-electron chi connectivity index (χ1n) is 5.74. The van der Waals surface area contributed by atoms with Gasteiger partial charge in [-0.2, -0.15) is 0 Å². The van der Waals surface area contributed by atoms with Crippen LogP contribution in [0, 0.1) is 0 Å². The summed E-state index contributed by atoms with van der Waals surface area (Å²) in [7, 11) is 4.61. The van der Waals surface area contributed by atoms with Crippen LogP contribution < -0.4 is 15.2 Å². The van der Waals surface area contributed by atoms with Gasteiger partial charge in [0.15, 0.2) is 11.5 Å². The molecule has 106 valence electrons. The van der Waals surface area contributed by atoms with E-state index in [0.717, 1.165) is 5.56 Å². The highest BCUT2D eigenvalue weighted by atomic mass is 16.5. The summed E-state index contributed by atoms with van der Waals surface area (Å²) in [5.74, 6) is -0.0261. The Kier molecular flexibility index (Phi) is 5.59. The van der Waals surface area contributed by atoms with Gasteiger partial charge in [0.1, 0.15) is 6.04 Å². The van der Waals surface area contributed by atoms with E-state index in [0.29, 0.717) is 23.7 Å². The van der Waals surface area contributed by atoms with E-state index in [-0.39, 0.29) is 6.42 Å². The van der Waals surface area contributed by atoms with Crippen molar-refractivity contribution in [3.8, 4) is 11.5 Å². The third kappa shape index (κ3) is 3.84. The molecule has 19 heavy (non-hydrogen) atoms. The summed E-state index contributed by atoms with van der Waals surface area (Å²) in [6.07, 6.45) is 0.159. The van der Waals surface area contributed by atoms with Crippen LogP contribution in [0.4, 0.5) is 0 Å². The number of rotatable bonds is 7. The predicted octanol–water partition coefficient (Wildman–Crippen LogP) is 0.805. The number of carboxylic acids is 1. The SMILES string of the molecule is COCc1cc(CC(N)C(=O)O)c(OC)c(OC)c1.